The van der Waals surface area contributed by atoms with Crippen molar-refractivity contribution in [1.82, 2.24) is 0 Å². The number of carbonyl (C=O) groups excluding carboxylic acids is 2. The van der Waals surface area contributed by atoms with E-state index in [0.717, 1.165) is 11.3 Å². The van der Waals surface area contributed by atoms with Gasteiger partial charge in [0.15, 0.2) is 11.6 Å². The van der Waals surface area contributed by atoms with Crippen LogP contribution in [-0.4, -0.2) is 18.7 Å². The minimum Gasteiger partial charge on any atom is -0.497 e. The smallest absolute Gasteiger partial charge is 0.165 e. The van der Waals surface area contributed by atoms with Crippen LogP contribution in [0.5, 0.6) is 5.75 Å². The zero-order chi connectivity index (χ0) is 18.5. The monoisotopic (exact) mass is 328 g/mol. The van der Waals surface area contributed by atoms with Gasteiger partial charge in [0.1, 0.15) is 5.75 Å². The van der Waals surface area contributed by atoms with E-state index in [9.17, 15) is 9.59 Å². The van der Waals surface area contributed by atoms with Crippen LogP contribution in [0.1, 0.15) is 55.3 Å². The lowest BCUT2D eigenvalue weighted by Gasteiger charge is -2.01. The molecule has 0 fully saturated rings. The number of hydrogen-bond acceptors (Lipinski definition) is 3. The molecule has 0 aromatic heterocycles. The lowest BCUT2D eigenvalue weighted by atomic mass is 10.0. The van der Waals surface area contributed by atoms with Crippen LogP contribution in [0, 0.1) is 5.92 Å². The second-order valence-corrected chi connectivity index (χ2v) is 5.17. The number of benzene rings is 2. The van der Waals surface area contributed by atoms with Crippen molar-refractivity contribution >= 4 is 11.6 Å². The highest BCUT2D eigenvalue weighted by Gasteiger charge is 2.08. The van der Waals surface area contributed by atoms with Gasteiger partial charge in [-0.25, -0.2) is 0 Å². The molecule has 130 valence electrons. The number of ether oxygens (including phenoxy) is 1. The third-order valence-corrected chi connectivity index (χ3v) is 3.08. The van der Waals surface area contributed by atoms with Gasteiger partial charge >= 0.3 is 0 Å². The second-order valence-electron chi connectivity index (χ2n) is 5.17. The highest BCUT2D eigenvalue weighted by Crippen LogP contribution is 2.11. The molecule has 0 amide bonds. The van der Waals surface area contributed by atoms with E-state index >= 15 is 0 Å². The number of rotatable bonds is 4. The third-order valence-electron chi connectivity index (χ3n) is 3.08. The van der Waals surface area contributed by atoms with Crippen molar-refractivity contribution in [2.24, 2.45) is 5.92 Å². The molecule has 0 N–H and O–H groups in total. The molecule has 0 unspecified atom stereocenters. The standard InChI is InChI=1S/C10H12O.C9H10O2.C2H6/c1-8(2)10(11)9-6-4-3-5-7-9;1-7(10)8-3-5-9(11-2)6-4-8;1-2/h3-8H,1-2H3;3-6H,1-2H3;1-2H3. The van der Waals surface area contributed by atoms with Crippen LogP contribution >= 0.6 is 0 Å². The van der Waals surface area contributed by atoms with Gasteiger partial charge in [0, 0.05) is 17.0 Å². The predicted octanol–water partition coefficient (Wildman–Crippen LogP) is 5.45. The minimum atomic E-state index is 0.0765. The van der Waals surface area contributed by atoms with E-state index in [0.29, 0.717) is 5.56 Å². The maximum Gasteiger partial charge on any atom is 0.165 e. The summed E-state index contributed by atoms with van der Waals surface area (Å²) < 4.78 is 4.94. The average Bonchev–Trinajstić information content (AvgIpc) is 2.64. The molecule has 0 aliphatic heterocycles. The summed E-state index contributed by atoms with van der Waals surface area (Å²) >= 11 is 0. The zero-order valence-electron chi connectivity index (χ0n) is 15.5. The first kappa shape index (κ1) is 21.6. The van der Waals surface area contributed by atoms with E-state index in [2.05, 4.69) is 0 Å². The molecule has 0 bridgehead atoms. The molecule has 0 spiro atoms. The van der Waals surface area contributed by atoms with Crippen molar-refractivity contribution < 1.29 is 14.3 Å². The maximum atomic E-state index is 11.3. The van der Waals surface area contributed by atoms with Crippen molar-refractivity contribution in [3.8, 4) is 5.75 Å². The summed E-state index contributed by atoms with van der Waals surface area (Å²) in [7, 11) is 1.60. The lowest BCUT2D eigenvalue weighted by molar-refractivity contribution is 0.0938. The van der Waals surface area contributed by atoms with Crippen LogP contribution < -0.4 is 4.74 Å². The Kier molecular flexibility index (Phi) is 10.8. The molecule has 0 saturated carbocycles. The van der Waals surface area contributed by atoms with Crippen LogP contribution in [0.15, 0.2) is 54.6 Å². The fourth-order valence-corrected chi connectivity index (χ4v) is 1.76. The van der Waals surface area contributed by atoms with Crippen LogP contribution in [0.2, 0.25) is 0 Å². The average molecular weight is 328 g/mol. The molecule has 0 aliphatic carbocycles. The van der Waals surface area contributed by atoms with Crippen molar-refractivity contribution in [3.63, 3.8) is 0 Å². The van der Waals surface area contributed by atoms with Gasteiger partial charge in [0.25, 0.3) is 0 Å². The first-order valence-electron chi connectivity index (χ1n) is 8.20. The van der Waals surface area contributed by atoms with Gasteiger partial charge in [-0.3, -0.25) is 9.59 Å². The predicted molar refractivity (Wildman–Crippen MR) is 100.0 cm³/mol. The summed E-state index contributed by atoms with van der Waals surface area (Å²) in [5.74, 6) is 1.16. The summed E-state index contributed by atoms with van der Waals surface area (Å²) in [5.41, 5.74) is 1.52. The highest BCUT2D eigenvalue weighted by molar-refractivity contribution is 5.97. The Labute approximate surface area is 145 Å². The molecule has 2 aromatic rings. The minimum absolute atomic E-state index is 0.0765. The van der Waals surface area contributed by atoms with Gasteiger partial charge in [-0.1, -0.05) is 58.0 Å². The fourth-order valence-electron chi connectivity index (χ4n) is 1.76. The SMILES string of the molecule is CC.CC(C)C(=O)c1ccccc1.COc1ccc(C(C)=O)cc1. The first-order valence-corrected chi connectivity index (χ1v) is 8.20. The molecule has 3 nitrogen and oxygen atoms in total. The topological polar surface area (TPSA) is 43.4 Å². The van der Waals surface area contributed by atoms with Crippen molar-refractivity contribution in [3.05, 3.63) is 65.7 Å². The largest absolute Gasteiger partial charge is 0.497 e. The number of Topliss-reactive ketones (excluding diaryl/α,β-unsaturated/α-hetero) is 2. The normalized spacial score (nSPS) is 9.12. The Hall–Kier alpha value is -2.42. The van der Waals surface area contributed by atoms with Gasteiger partial charge in [-0.2, -0.15) is 0 Å². The van der Waals surface area contributed by atoms with E-state index in [1.165, 1.54) is 0 Å². The van der Waals surface area contributed by atoms with Crippen LogP contribution in [0.4, 0.5) is 0 Å². The molecule has 0 aliphatic rings. The number of ketones is 2. The van der Waals surface area contributed by atoms with E-state index in [4.69, 9.17) is 4.74 Å². The molecule has 0 saturated heterocycles. The molecule has 24 heavy (non-hydrogen) atoms. The quantitative estimate of drug-likeness (QED) is 0.701. The van der Waals surface area contributed by atoms with Crippen LogP contribution in [-0.2, 0) is 0 Å². The molecule has 0 radical (unpaired) electrons. The van der Waals surface area contributed by atoms with E-state index in [1.807, 2.05) is 58.0 Å². The molecule has 3 heteroatoms. The van der Waals surface area contributed by atoms with Gasteiger partial charge in [-0.15, -0.1) is 0 Å². The fraction of sp³-hybridized carbons (Fsp3) is 0.333. The maximum absolute atomic E-state index is 11.3. The van der Waals surface area contributed by atoms with Crippen molar-refractivity contribution in [2.45, 2.75) is 34.6 Å². The Morgan fingerprint density at radius 1 is 0.833 bits per heavy atom. The summed E-state index contributed by atoms with van der Waals surface area (Å²) in [4.78, 5) is 22.1. The van der Waals surface area contributed by atoms with Gasteiger partial charge in [0.05, 0.1) is 7.11 Å². The summed E-state index contributed by atoms with van der Waals surface area (Å²) in [5, 5.41) is 0. The molecule has 0 atom stereocenters. The molecule has 0 heterocycles. The number of methoxy groups -OCH3 is 1. The molecular weight excluding hydrogens is 300 g/mol. The lowest BCUT2D eigenvalue weighted by Crippen LogP contribution is -2.06. The first-order chi connectivity index (χ1) is 11.5. The van der Waals surface area contributed by atoms with E-state index in [-0.39, 0.29) is 17.5 Å². The number of carbonyl (C=O) groups is 2. The number of hydrogen-bond donors (Lipinski definition) is 0. The second kappa shape index (κ2) is 12.1. The van der Waals surface area contributed by atoms with Gasteiger partial charge < -0.3 is 4.74 Å². The van der Waals surface area contributed by atoms with E-state index < -0.39 is 0 Å². The summed E-state index contributed by atoms with van der Waals surface area (Å²) in [6.07, 6.45) is 0. The third kappa shape index (κ3) is 7.73. The van der Waals surface area contributed by atoms with Gasteiger partial charge in [-0.05, 0) is 31.2 Å². The Balaban J connectivity index is 0.000000400. The Morgan fingerprint density at radius 2 is 1.33 bits per heavy atom. The molecular formula is C21H28O3. The highest BCUT2D eigenvalue weighted by atomic mass is 16.5. The van der Waals surface area contributed by atoms with Crippen molar-refractivity contribution in [2.75, 3.05) is 7.11 Å². The zero-order valence-corrected chi connectivity index (χ0v) is 15.5. The summed E-state index contributed by atoms with van der Waals surface area (Å²) in [6, 6.07) is 16.4. The molecule has 2 rings (SSSR count). The van der Waals surface area contributed by atoms with Gasteiger partial charge in [0.2, 0.25) is 0 Å². The van der Waals surface area contributed by atoms with Crippen LogP contribution in [0.25, 0.3) is 0 Å². The Bertz CT molecular complexity index is 599. The van der Waals surface area contributed by atoms with E-state index in [1.54, 1.807) is 38.3 Å². The molecule has 2 aromatic carbocycles. The summed E-state index contributed by atoms with van der Waals surface area (Å²) in [6.45, 7) is 9.37. The Morgan fingerprint density at radius 3 is 1.71 bits per heavy atom. The van der Waals surface area contributed by atoms with Crippen LogP contribution in [0.3, 0.4) is 0 Å². The van der Waals surface area contributed by atoms with Crippen molar-refractivity contribution in [1.29, 1.82) is 0 Å².